The van der Waals surface area contributed by atoms with Gasteiger partial charge in [-0.1, -0.05) is 0 Å². The Morgan fingerprint density at radius 2 is 2.16 bits per heavy atom. The quantitative estimate of drug-likeness (QED) is 0.725. The summed E-state index contributed by atoms with van der Waals surface area (Å²) in [6.45, 7) is 0. The van der Waals surface area contributed by atoms with E-state index in [9.17, 15) is 9.90 Å². The van der Waals surface area contributed by atoms with Gasteiger partial charge in [0, 0.05) is 12.4 Å². The lowest BCUT2D eigenvalue weighted by Gasteiger charge is -1.98. The number of phenols is 1. The number of amides is 1. The predicted octanol–water partition coefficient (Wildman–Crippen LogP) is 1.69. The van der Waals surface area contributed by atoms with Gasteiger partial charge in [-0.25, -0.2) is 4.98 Å². The molecular formula is C13H9N3O3. The standard InChI is InChI=1S/C13H9N3O3/c14-12(18)8-3-4-9-10(11(8)17)16-13(19-9)7-2-1-5-15-6-7/h1-6,17H,(H2,14,18). The van der Waals surface area contributed by atoms with Crippen molar-refractivity contribution in [3.05, 3.63) is 42.2 Å². The molecule has 3 aromatic rings. The van der Waals surface area contributed by atoms with Crippen molar-refractivity contribution < 1.29 is 14.3 Å². The summed E-state index contributed by atoms with van der Waals surface area (Å²) in [6.07, 6.45) is 3.23. The number of rotatable bonds is 2. The zero-order valence-corrected chi connectivity index (χ0v) is 9.70. The van der Waals surface area contributed by atoms with Crippen molar-refractivity contribution in [3.8, 4) is 17.2 Å². The minimum atomic E-state index is -0.717. The van der Waals surface area contributed by atoms with Gasteiger partial charge in [0.2, 0.25) is 5.89 Å². The SMILES string of the molecule is NC(=O)c1ccc2oc(-c3cccnc3)nc2c1O. The molecule has 0 radical (unpaired) electrons. The van der Waals surface area contributed by atoms with Crippen LogP contribution in [0.25, 0.3) is 22.6 Å². The van der Waals surface area contributed by atoms with Crippen LogP contribution in [-0.2, 0) is 0 Å². The summed E-state index contributed by atoms with van der Waals surface area (Å²) >= 11 is 0. The van der Waals surface area contributed by atoms with Crippen LogP contribution in [0.2, 0.25) is 0 Å². The van der Waals surface area contributed by atoms with Crippen LogP contribution in [0, 0.1) is 0 Å². The van der Waals surface area contributed by atoms with Crippen molar-refractivity contribution in [1.82, 2.24) is 9.97 Å². The summed E-state index contributed by atoms with van der Waals surface area (Å²) in [6, 6.07) is 6.48. The van der Waals surface area contributed by atoms with Gasteiger partial charge >= 0.3 is 0 Å². The molecule has 0 saturated heterocycles. The van der Waals surface area contributed by atoms with Crippen LogP contribution in [-0.4, -0.2) is 21.0 Å². The van der Waals surface area contributed by atoms with Gasteiger partial charge in [0.15, 0.2) is 16.8 Å². The van der Waals surface area contributed by atoms with E-state index in [1.807, 2.05) is 0 Å². The van der Waals surface area contributed by atoms with Crippen LogP contribution in [0.4, 0.5) is 0 Å². The van der Waals surface area contributed by atoms with Crippen molar-refractivity contribution in [1.29, 1.82) is 0 Å². The molecule has 0 unspecified atom stereocenters. The lowest BCUT2D eigenvalue weighted by molar-refractivity contribution is 0.0998. The summed E-state index contributed by atoms with van der Waals surface area (Å²) < 4.78 is 5.51. The molecule has 0 saturated carbocycles. The Hall–Kier alpha value is -2.89. The molecule has 0 aliphatic rings. The van der Waals surface area contributed by atoms with E-state index in [0.717, 1.165) is 0 Å². The second-order valence-corrected chi connectivity index (χ2v) is 3.93. The van der Waals surface area contributed by atoms with Gasteiger partial charge in [-0.3, -0.25) is 9.78 Å². The van der Waals surface area contributed by atoms with Gasteiger partial charge in [0.25, 0.3) is 5.91 Å². The first kappa shape index (κ1) is 11.2. The number of hydrogen-bond acceptors (Lipinski definition) is 5. The molecule has 94 valence electrons. The number of oxazole rings is 1. The van der Waals surface area contributed by atoms with Crippen molar-refractivity contribution >= 4 is 17.0 Å². The molecule has 2 heterocycles. The number of nitrogens with two attached hydrogens (primary N) is 1. The molecule has 1 amide bonds. The zero-order chi connectivity index (χ0) is 13.4. The molecule has 0 atom stereocenters. The van der Waals surface area contributed by atoms with E-state index in [-0.39, 0.29) is 16.8 Å². The third-order valence-electron chi connectivity index (χ3n) is 2.71. The largest absolute Gasteiger partial charge is 0.505 e. The highest BCUT2D eigenvalue weighted by Gasteiger charge is 2.16. The van der Waals surface area contributed by atoms with Crippen molar-refractivity contribution in [2.75, 3.05) is 0 Å². The normalized spacial score (nSPS) is 10.7. The minimum Gasteiger partial charge on any atom is -0.505 e. The van der Waals surface area contributed by atoms with Gasteiger partial charge in [-0.05, 0) is 24.3 Å². The average Bonchev–Trinajstić information content (AvgIpc) is 2.85. The van der Waals surface area contributed by atoms with E-state index in [0.29, 0.717) is 17.0 Å². The molecule has 0 aliphatic carbocycles. The molecule has 3 N–H and O–H groups in total. The monoisotopic (exact) mass is 255 g/mol. The third-order valence-corrected chi connectivity index (χ3v) is 2.71. The van der Waals surface area contributed by atoms with Crippen molar-refractivity contribution in [2.24, 2.45) is 5.73 Å². The van der Waals surface area contributed by atoms with Gasteiger partial charge in [0.05, 0.1) is 11.1 Å². The van der Waals surface area contributed by atoms with E-state index in [1.165, 1.54) is 6.07 Å². The maximum absolute atomic E-state index is 11.1. The Morgan fingerprint density at radius 1 is 1.32 bits per heavy atom. The highest BCUT2D eigenvalue weighted by atomic mass is 16.3. The highest BCUT2D eigenvalue weighted by Crippen LogP contribution is 2.31. The molecule has 0 spiro atoms. The molecule has 2 aromatic heterocycles. The van der Waals surface area contributed by atoms with Crippen molar-refractivity contribution in [3.63, 3.8) is 0 Å². The zero-order valence-electron chi connectivity index (χ0n) is 9.70. The summed E-state index contributed by atoms with van der Waals surface area (Å²) in [5.74, 6) is -0.672. The fourth-order valence-corrected chi connectivity index (χ4v) is 1.79. The fraction of sp³-hybridized carbons (Fsp3) is 0. The fourth-order valence-electron chi connectivity index (χ4n) is 1.79. The molecule has 0 fully saturated rings. The first-order chi connectivity index (χ1) is 9.16. The lowest BCUT2D eigenvalue weighted by atomic mass is 10.1. The molecule has 6 nitrogen and oxygen atoms in total. The van der Waals surface area contributed by atoms with Gasteiger partial charge in [0.1, 0.15) is 0 Å². The lowest BCUT2D eigenvalue weighted by Crippen LogP contribution is -2.10. The number of carbonyl (C=O) groups is 1. The van der Waals surface area contributed by atoms with Gasteiger partial charge in [-0.2, -0.15) is 0 Å². The van der Waals surface area contributed by atoms with Crippen molar-refractivity contribution in [2.45, 2.75) is 0 Å². The number of pyridine rings is 1. The van der Waals surface area contributed by atoms with Crippen LogP contribution in [0.5, 0.6) is 5.75 Å². The predicted molar refractivity (Wildman–Crippen MR) is 67.4 cm³/mol. The van der Waals surface area contributed by atoms with Crippen LogP contribution >= 0.6 is 0 Å². The number of nitrogens with zero attached hydrogens (tertiary/aromatic N) is 2. The summed E-state index contributed by atoms with van der Waals surface area (Å²) in [5.41, 5.74) is 6.43. The minimum absolute atomic E-state index is 0.0125. The maximum Gasteiger partial charge on any atom is 0.252 e. The Labute approximate surface area is 107 Å². The summed E-state index contributed by atoms with van der Waals surface area (Å²) in [7, 11) is 0. The Kier molecular flexibility index (Phi) is 2.42. The van der Waals surface area contributed by atoms with E-state index < -0.39 is 5.91 Å². The number of aromatic hydroxyl groups is 1. The molecule has 6 heteroatoms. The number of hydrogen-bond donors (Lipinski definition) is 2. The van der Waals surface area contributed by atoms with E-state index in [1.54, 1.807) is 30.6 Å². The second-order valence-electron chi connectivity index (χ2n) is 3.93. The molecular weight excluding hydrogens is 246 g/mol. The van der Waals surface area contributed by atoms with Gasteiger partial charge in [-0.15, -0.1) is 0 Å². The average molecular weight is 255 g/mol. The first-order valence-electron chi connectivity index (χ1n) is 5.49. The molecule has 3 rings (SSSR count). The Balaban J connectivity index is 2.22. The third kappa shape index (κ3) is 1.79. The van der Waals surface area contributed by atoms with Crippen LogP contribution in [0.1, 0.15) is 10.4 Å². The van der Waals surface area contributed by atoms with Crippen LogP contribution in [0.15, 0.2) is 41.1 Å². The number of aromatic nitrogens is 2. The number of fused-ring (bicyclic) bond motifs is 1. The first-order valence-corrected chi connectivity index (χ1v) is 5.49. The second kappa shape index (κ2) is 4.09. The van der Waals surface area contributed by atoms with Crippen LogP contribution in [0.3, 0.4) is 0 Å². The number of benzene rings is 1. The van der Waals surface area contributed by atoms with E-state index >= 15 is 0 Å². The Bertz CT molecular complexity index is 765. The summed E-state index contributed by atoms with van der Waals surface area (Å²) in [5, 5.41) is 9.94. The van der Waals surface area contributed by atoms with Crippen LogP contribution < -0.4 is 5.73 Å². The summed E-state index contributed by atoms with van der Waals surface area (Å²) in [4.78, 5) is 19.3. The number of carbonyl (C=O) groups excluding carboxylic acids is 1. The maximum atomic E-state index is 11.1. The Morgan fingerprint density at radius 3 is 2.84 bits per heavy atom. The molecule has 0 aliphatic heterocycles. The van der Waals surface area contributed by atoms with E-state index in [2.05, 4.69) is 9.97 Å². The topological polar surface area (TPSA) is 102 Å². The van der Waals surface area contributed by atoms with Gasteiger partial charge < -0.3 is 15.3 Å². The highest BCUT2D eigenvalue weighted by molar-refractivity contribution is 6.01. The van der Waals surface area contributed by atoms with E-state index in [4.69, 9.17) is 10.2 Å². The molecule has 19 heavy (non-hydrogen) atoms. The molecule has 0 bridgehead atoms. The molecule has 1 aromatic carbocycles. The number of primary amides is 1. The smallest absolute Gasteiger partial charge is 0.252 e.